The molecule has 2 aromatic carbocycles. The fourth-order valence-electron chi connectivity index (χ4n) is 2.99. The lowest BCUT2D eigenvalue weighted by atomic mass is 10.3. The molecule has 1 heterocycles. The minimum Gasteiger partial charge on any atom is -0.497 e. The van der Waals surface area contributed by atoms with E-state index in [2.05, 4.69) is 34.0 Å². The van der Waals surface area contributed by atoms with E-state index in [1.807, 2.05) is 53.1 Å². The summed E-state index contributed by atoms with van der Waals surface area (Å²) in [7, 11) is 3.24. The van der Waals surface area contributed by atoms with Crippen LogP contribution >= 0.6 is 11.8 Å². The molecule has 1 aromatic heterocycles. The Balaban J connectivity index is 1.77. The Morgan fingerprint density at radius 1 is 1.12 bits per heavy atom. The van der Waals surface area contributed by atoms with Gasteiger partial charge < -0.3 is 24.8 Å². The molecule has 3 aromatic rings. The van der Waals surface area contributed by atoms with E-state index in [9.17, 15) is 4.79 Å². The second kappa shape index (κ2) is 12.4. The molecule has 0 aliphatic heterocycles. The number of benzene rings is 2. The SMILES string of the molecule is C=COC(=C)CNC(=O)CSc1nnc(CNc2ccc(OC)cc2)n1-c1ccccc1OC. The molecule has 0 spiro atoms. The minimum atomic E-state index is -0.189. The molecule has 0 fully saturated rings. The van der Waals surface area contributed by atoms with Crippen molar-refractivity contribution in [3.8, 4) is 17.2 Å². The zero-order valence-corrected chi connectivity index (χ0v) is 19.9. The Morgan fingerprint density at radius 3 is 2.59 bits per heavy atom. The molecule has 0 atom stereocenters. The van der Waals surface area contributed by atoms with Crippen molar-refractivity contribution in [3.63, 3.8) is 0 Å². The number of nitrogens with zero attached hydrogens (tertiary/aromatic N) is 3. The standard InChI is InChI=1S/C24H27N5O4S/c1-5-33-17(2)14-26-23(30)16-34-24-28-27-22(15-25-18-10-12-19(31-3)13-11-18)29(24)20-8-6-7-9-21(20)32-4/h5-13,25H,1-2,14-16H2,3-4H3,(H,26,30). The first kappa shape index (κ1) is 24.7. The zero-order valence-electron chi connectivity index (χ0n) is 19.1. The molecule has 34 heavy (non-hydrogen) atoms. The van der Waals surface area contributed by atoms with E-state index in [0.29, 0.717) is 29.0 Å². The summed E-state index contributed by atoms with van der Waals surface area (Å²) in [6.07, 6.45) is 1.26. The first-order valence-corrected chi connectivity index (χ1v) is 11.3. The third kappa shape index (κ3) is 6.55. The van der Waals surface area contributed by atoms with Gasteiger partial charge in [-0.15, -0.1) is 10.2 Å². The van der Waals surface area contributed by atoms with E-state index < -0.39 is 0 Å². The summed E-state index contributed by atoms with van der Waals surface area (Å²) in [5.41, 5.74) is 1.68. The number of rotatable bonds is 13. The van der Waals surface area contributed by atoms with Crippen molar-refractivity contribution < 1.29 is 19.0 Å². The summed E-state index contributed by atoms with van der Waals surface area (Å²) in [6, 6.07) is 15.2. The Labute approximate surface area is 202 Å². The van der Waals surface area contributed by atoms with E-state index in [-0.39, 0.29) is 18.2 Å². The van der Waals surface area contributed by atoms with Crippen molar-refractivity contribution in [2.75, 3.05) is 31.8 Å². The molecule has 0 unspecified atom stereocenters. The molecule has 0 saturated heterocycles. The highest BCUT2D eigenvalue weighted by atomic mass is 32.2. The predicted molar refractivity (Wildman–Crippen MR) is 132 cm³/mol. The molecule has 178 valence electrons. The van der Waals surface area contributed by atoms with Crippen LogP contribution in [-0.4, -0.2) is 47.2 Å². The van der Waals surface area contributed by atoms with Gasteiger partial charge in [0.05, 0.1) is 45.0 Å². The molecular weight excluding hydrogens is 454 g/mol. The Hall–Kier alpha value is -3.92. The van der Waals surface area contributed by atoms with E-state index >= 15 is 0 Å². The number of anilines is 1. The molecule has 0 radical (unpaired) electrons. The summed E-state index contributed by atoms with van der Waals surface area (Å²) in [4.78, 5) is 12.3. The summed E-state index contributed by atoms with van der Waals surface area (Å²) in [6.45, 7) is 7.76. The van der Waals surface area contributed by atoms with Gasteiger partial charge in [0.15, 0.2) is 11.0 Å². The van der Waals surface area contributed by atoms with Gasteiger partial charge in [-0.05, 0) is 36.4 Å². The summed E-state index contributed by atoms with van der Waals surface area (Å²) >= 11 is 1.27. The van der Waals surface area contributed by atoms with Gasteiger partial charge in [-0.25, -0.2) is 0 Å². The number of amides is 1. The number of methoxy groups -OCH3 is 2. The molecule has 0 aliphatic rings. The van der Waals surface area contributed by atoms with E-state index in [1.165, 1.54) is 18.0 Å². The Bertz CT molecular complexity index is 1130. The van der Waals surface area contributed by atoms with Crippen LogP contribution in [0.4, 0.5) is 5.69 Å². The molecule has 9 nitrogen and oxygen atoms in total. The number of para-hydroxylation sites is 2. The first-order valence-electron chi connectivity index (χ1n) is 10.4. The van der Waals surface area contributed by atoms with Gasteiger partial charge in [0.1, 0.15) is 17.3 Å². The third-order valence-electron chi connectivity index (χ3n) is 4.63. The van der Waals surface area contributed by atoms with Gasteiger partial charge in [0.2, 0.25) is 5.91 Å². The van der Waals surface area contributed by atoms with Crippen molar-refractivity contribution in [2.45, 2.75) is 11.7 Å². The Morgan fingerprint density at radius 2 is 1.88 bits per heavy atom. The van der Waals surface area contributed by atoms with Gasteiger partial charge in [-0.1, -0.05) is 37.1 Å². The quantitative estimate of drug-likeness (QED) is 0.281. The smallest absolute Gasteiger partial charge is 0.230 e. The summed E-state index contributed by atoms with van der Waals surface area (Å²) in [5, 5.41) is 15.3. The normalized spacial score (nSPS) is 10.3. The lowest BCUT2D eigenvalue weighted by Crippen LogP contribution is -2.27. The highest BCUT2D eigenvalue weighted by molar-refractivity contribution is 7.99. The van der Waals surface area contributed by atoms with Crippen LogP contribution in [0.3, 0.4) is 0 Å². The number of ether oxygens (including phenoxy) is 3. The maximum atomic E-state index is 12.3. The van der Waals surface area contributed by atoms with E-state index in [1.54, 1.807) is 14.2 Å². The number of carbonyl (C=O) groups excluding carboxylic acids is 1. The van der Waals surface area contributed by atoms with Crippen LogP contribution in [0, 0.1) is 0 Å². The fourth-order valence-corrected chi connectivity index (χ4v) is 3.79. The van der Waals surface area contributed by atoms with Gasteiger partial charge in [-0.3, -0.25) is 9.36 Å². The summed E-state index contributed by atoms with van der Waals surface area (Å²) < 4.78 is 17.7. The van der Waals surface area contributed by atoms with Crippen LogP contribution in [0.2, 0.25) is 0 Å². The Kier molecular flexibility index (Phi) is 8.98. The largest absolute Gasteiger partial charge is 0.497 e. The molecule has 2 N–H and O–H groups in total. The monoisotopic (exact) mass is 481 g/mol. The second-order valence-electron chi connectivity index (χ2n) is 6.88. The van der Waals surface area contributed by atoms with Gasteiger partial charge in [-0.2, -0.15) is 0 Å². The van der Waals surface area contributed by atoms with Crippen molar-refractivity contribution in [1.82, 2.24) is 20.1 Å². The van der Waals surface area contributed by atoms with Crippen LogP contribution in [0.5, 0.6) is 11.5 Å². The summed E-state index contributed by atoms with van der Waals surface area (Å²) in [5.74, 6) is 2.46. The fraction of sp³-hybridized carbons (Fsp3) is 0.208. The predicted octanol–water partition coefficient (Wildman–Crippen LogP) is 3.78. The van der Waals surface area contributed by atoms with Crippen molar-refractivity contribution >= 4 is 23.4 Å². The number of hydrogen-bond donors (Lipinski definition) is 2. The van der Waals surface area contributed by atoms with E-state index in [4.69, 9.17) is 14.2 Å². The van der Waals surface area contributed by atoms with Crippen LogP contribution < -0.4 is 20.1 Å². The molecule has 1 amide bonds. The number of thioether (sulfide) groups is 1. The zero-order chi connectivity index (χ0) is 24.3. The molecule has 0 saturated carbocycles. The molecule has 10 heteroatoms. The van der Waals surface area contributed by atoms with Gasteiger partial charge in [0.25, 0.3) is 0 Å². The van der Waals surface area contributed by atoms with E-state index in [0.717, 1.165) is 17.1 Å². The maximum Gasteiger partial charge on any atom is 0.230 e. The average molecular weight is 482 g/mol. The number of nitrogens with one attached hydrogen (secondary N) is 2. The molecule has 3 rings (SSSR count). The van der Waals surface area contributed by atoms with Crippen LogP contribution in [0.25, 0.3) is 5.69 Å². The lowest BCUT2D eigenvalue weighted by Gasteiger charge is -2.14. The van der Waals surface area contributed by atoms with Crippen LogP contribution in [0.15, 0.2) is 78.9 Å². The second-order valence-corrected chi connectivity index (χ2v) is 7.82. The first-order chi connectivity index (χ1) is 16.5. The van der Waals surface area contributed by atoms with Crippen molar-refractivity contribution in [2.24, 2.45) is 0 Å². The topological polar surface area (TPSA) is 99.5 Å². The minimum absolute atomic E-state index is 0.139. The third-order valence-corrected chi connectivity index (χ3v) is 5.56. The van der Waals surface area contributed by atoms with Crippen LogP contribution in [0.1, 0.15) is 5.82 Å². The maximum absolute atomic E-state index is 12.3. The highest BCUT2D eigenvalue weighted by Gasteiger charge is 2.18. The average Bonchev–Trinajstić information content (AvgIpc) is 3.27. The van der Waals surface area contributed by atoms with Gasteiger partial charge in [0, 0.05) is 5.69 Å². The molecular formula is C24H27N5O4S. The lowest BCUT2D eigenvalue weighted by molar-refractivity contribution is -0.118. The number of carbonyl (C=O) groups is 1. The highest BCUT2D eigenvalue weighted by Crippen LogP contribution is 2.29. The number of aromatic nitrogens is 3. The van der Waals surface area contributed by atoms with Gasteiger partial charge >= 0.3 is 0 Å². The molecule has 0 aliphatic carbocycles. The molecule has 0 bridgehead atoms. The van der Waals surface area contributed by atoms with Crippen molar-refractivity contribution in [1.29, 1.82) is 0 Å². The van der Waals surface area contributed by atoms with Crippen molar-refractivity contribution in [3.05, 3.63) is 79.5 Å². The van der Waals surface area contributed by atoms with Crippen LogP contribution in [-0.2, 0) is 16.1 Å². The number of hydrogen-bond acceptors (Lipinski definition) is 8.